The van der Waals surface area contributed by atoms with Crippen molar-refractivity contribution < 1.29 is 24.2 Å². The molecule has 0 radical (unpaired) electrons. The van der Waals surface area contributed by atoms with Gasteiger partial charge >= 0.3 is 11.9 Å². The molecule has 1 saturated heterocycles. The first-order valence-corrected chi connectivity index (χ1v) is 8.29. The maximum atomic E-state index is 11.9. The summed E-state index contributed by atoms with van der Waals surface area (Å²) in [5.74, 6) is -0.0305. The van der Waals surface area contributed by atoms with Crippen LogP contribution in [-0.4, -0.2) is 35.4 Å². The largest absolute Gasteiger partial charge is 0.462 e. The van der Waals surface area contributed by atoms with Crippen LogP contribution in [0.4, 0.5) is 0 Å². The van der Waals surface area contributed by atoms with Crippen LogP contribution in [-0.2, 0) is 19.1 Å². The number of hydrogen-bond donors (Lipinski definition) is 1. The average molecular weight is 310 g/mol. The molecule has 1 unspecified atom stereocenters. The lowest BCUT2D eigenvalue weighted by Crippen LogP contribution is -2.39. The van der Waals surface area contributed by atoms with E-state index < -0.39 is 6.10 Å². The molecule has 0 amide bonds. The Morgan fingerprint density at radius 1 is 1.36 bits per heavy atom. The van der Waals surface area contributed by atoms with Gasteiger partial charge in [0.2, 0.25) is 0 Å². The Morgan fingerprint density at radius 3 is 2.68 bits per heavy atom. The zero-order chi connectivity index (χ0) is 16.2. The summed E-state index contributed by atoms with van der Waals surface area (Å²) >= 11 is 0. The Hall–Kier alpha value is -1.10. The molecule has 8 atom stereocenters. The number of carbonyl (C=O) groups excluding carboxylic acids is 2. The van der Waals surface area contributed by atoms with Crippen molar-refractivity contribution in [2.45, 2.75) is 65.3 Å². The molecule has 1 heterocycles. The standard InChI is InChI=1S/C17H26O5/c1-8-5-12-11(9(2)16(20)22-12)7-17(4)14(19)6-13(15(8)17)21-10(3)18/h8-9,11-15,19H,5-7H2,1-4H3/t8-,9?,11+,12-,13+,14-,15-,17-/m1/s1. The summed E-state index contributed by atoms with van der Waals surface area (Å²) in [7, 11) is 0. The molecule has 1 aliphatic heterocycles. The van der Waals surface area contributed by atoms with Crippen molar-refractivity contribution >= 4 is 11.9 Å². The number of rotatable bonds is 1. The molecule has 0 bridgehead atoms. The van der Waals surface area contributed by atoms with Crippen molar-refractivity contribution in [1.82, 2.24) is 0 Å². The second kappa shape index (κ2) is 5.22. The van der Waals surface area contributed by atoms with Gasteiger partial charge < -0.3 is 14.6 Å². The van der Waals surface area contributed by atoms with Crippen molar-refractivity contribution in [2.75, 3.05) is 0 Å². The number of esters is 2. The monoisotopic (exact) mass is 310 g/mol. The normalized spacial score (nSPS) is 50.8. The maximum absolute atomic E-state index is 11.9. The summed E-state index contributed by atoms with van der Waals surface area (Å²) in [5.41, 5.74) is -0.332. The van der Waals surface area contributed by atoms with Crippen molar-refractivity contribution in [3.8, 4) is 0 Å². The van der Waals surface area contributed by atoms with Crippen LogP contribution in [0.15, 0.2) is 0 Å². The number of aliphatic hydroxyl groups is 1. The van der Waals surface area contributed by atoms with Gasteiger partial charge in [-0.05, 0) is 18.8 Å². The van der Waals surface area contributed by atoms with Crippen molar-refractivity contribution in [1.29, 1.82) is 0 Å². The van der Waals surface area contributed by atoms with E-state index >= 15 is 0 Å². The molecule has 0 aromatic heterocycles. The lowest BCUT2D eigenvalue weighted by molar-refractivity contribution is -0.150. The Kier molecular flexibility index (Phi) is 3.75. The molecule has 2 saturated carbocycles. The van der Waals surface area contributed by atoms with Gasteiger partial charge in [-0.3, -0.25) is 9.59 Å². The molecule has 124 valence electrons. The van der Waals surface area contributed by atoms with Crippen LogP contribution in [0.25, 0.3) is 0 Å². The molecule has 0 aromatic rings. The van der Waals surface area contributed by atoms with E-state index in [0.29, 0.717) is 6.42 Å². The first-order valence-electron chi connectivity index (χ1n) is 8.29. The number of hydrogen-bond acceptors (Lipinski definition) is 5. The van der Waals surface area contributed by atoms with E-state index in [-0.39, 0.29) is 53.2 Å². The van der Waals surface area contributed by atoms with Crippen molar-refractivity contribution in [2.24, 2.45) is 29.1 Å². The van der Waals surface area contributed by atoms with Gasteiger partial charge in [0.15, 0.2) is 0 Å². The van der Waals surface area contributed by atoms with Gasteiger partial charge in [0.25, 0.3) is 0 Å². The molecule has 0 aromatic carbocycles. The van der Waals surface area contributed by atoms with Gasteiger partial charge in [0, 0.05) is 30.6 Å². The second-order valence-electron chi connectivity index (χ2n) is 7.78. The molecule has 5 heteroatoms. The van der Waals surface area contributed by atoms with Crippen molar-refractivity contribution in [3.05, 3.63) is 0 Å². The summed E-state index contributed by atoms with van der Waals surface area (Å²) in [6, 6.07) is 0. The smallest absolute Gasteiger partial charge is 0.309 e. The highest BCUT2D eigenvalue weighted by atomic mass is 16.6. The molecule has 5 nitrogen and oxygen atoms in total. The van der Waals surface area contributed by atoms with Crippen LogP contribution in [0, 0.1) is 29.1 Å². The minimum Gasteiger partial charge on any atom is -0.462 e. The van der Waals surface area contributed by atoms with Gasteiger partial charge in [-0.2, -0.15) is 0 Å². The summed E-state index contributed by atoms with van der Waals surface area (Å²) in [6.45, 7) is 7.55. The highest BCUT2D eigenvalue weighted by Gasteiger charge is 2.60. The molecule has 3 rings (SSSR count). The van der Waals surface area contributed by atoms with E-state index in [0.717, 1.165) is 12.8 Å². The Morgan fingerprint density at radius 2 is 2.05 bits per heavy atom. The number of fused-ring (bicyclic) bond motifs is 2. The van der Waals surface area contributed by atoms with Gasteiger partial charge in [0.05, 0.1) is 12.0 Å². The van der Waals surface area contributed by atoms with E-state index in [1.807, 2.05) is 6.92 Å². The quantitative estimate of drug-likeness (QED) is 0.749. The van der Waals surface area contributed by atoms with Crippen LogP contribution in [0.5, 0.6) is 0 Å². The zero-order valence-corrected chi connectivity index (χ0v) is 13.7. The molecule has 3 aliphatic rings. The van der Waals surface area contributed by atoms with E-state index in [4.69, 9.17) is 9.47 Å². The average Bonchev–Trinajstić information content (AvgIpc) is 2.73. The van der Waals surface area contributed by atoms with Crippen LogP contribution in [0.3, 0.4) is 0 Å². The number of carbonyl (C=O) groups is 2. The number of ether oxygens (including phenoxy) is 2. The zero-order valence-electron chi connectivity index (χ0n) is 13.7. The minimum atomic E-state index is -0.508. The SMILES string of the molecule is CC(=O)O[C@H]1C[C@@H](O)[C@@]2(C)C[C@H]3C(C)C(=O)O[C@@H]3C[C@@H](C)[C@H]12. The van der Waals surface area contributed by atoms with Gasteiger partial charge in [-0.1, -0.05) is 20.8 Å². The van der Waals surface area contributed by atoms with Crippen LogP contribution >= 0.6 is 0 Å². The second-order valence-corrected chi connectivity index (χ2v) is 7.78. The van der Waals surface area contributed by atoms with Crippen LogP contribution in [0.1, 0.15) is 47.0 Å². The third kappa shape index (κ3) is 2.25. The van der Waals surface area contributed by atoms with E-state index in [2.05, 4.69) is 13.8 Å². The third-order valence-corrected chi connectivity index (χ3v) is 6.35. The molecule has 0 spiro atoms. The van der Waals surface area contributed by atoms with Gasteiger partial charge in [-0.25, -0.2) is 0 Å². The molecule has 2 aliphatic carbocycles. The predicted molar refractivity (Wildman–Crippen MR) is 78.7 cm³/mol. The van der Waals surface area contributed by atoms with E-state index in [1.165, 1.54) is 6.92 Å². The fourth-order valence-corrected chi connectivity index (χ4v) is 5.30. The lowest BCUT2D eigenvalue weighted by atomic mass is 9.68. The molecule has 22 heavy (non-hydrogen) atoms. The Balaban J connectivity index is 1.92. The topological polar surface area (TPSA) is 72.8 Å². The first kappa shape index (κ1) is 15.8. The fraction of sp³-hybridized carbons (Fsp3) is 0.882. The summed E-state index contributed by atoms with van der Waals surface area (Å²) in [6.07, 6.45) is 1.21. The lowest BCUT2D eigenvalue weighted by Gasteiger charge is -2.38. The van der Waals surface area contributed by atoms with Crippen LogP contribution in [0.2, 0.25) is 0 Å². The minimum absolute atomic E-state index is 0.0647. The fourth-order valence-electron chi connectivity index (χ4n) is 5.30. The summed E-state index contributed by atoms with van der Waals surface area (Å²) in [4.78, 5) is 23.3. The summed E-state index contributed by atoms with van der Waals surface area (Å²) < 4.78 is 11.1. The Bertz CT molecular complexity index is 489. The molecular weight excluding hydrogens is 284 g/mol. The maximum Gasteiger partial charge on any atom is 0.309 e. The molecule has 3 fully saturated rings. The summed E-state index contributed by atoms with van der Waals surface area (Å²) in [5, 5.41) is 10.7. The van der Waals surface area contributed by atoms with E-state index in [9.17, 15) is 14.7 Å². The van der Waals surface area contributed by atoms with Crippen LogP contribution < -0.4 is 0 Å². The first-order chi connectivity index (χ1) is 10.2. The molecular formula is C17H26O5. The predicted octanol–water partition coefficient (Wildman–Crippen LogP) is 1.91. The molecule has 1 N–H and O–H groups in total. The highest BCUT2D eigenvalue weighted by molar-refractivity contribution is 5.74. The third-order valence-electron chi connectivity index (χ3n) is 6.35. The van der Waals surface area contributed by atoms with Gasteiger partial charge in [-0.15, -0.1) is 0 Å². The Labute approximate surface area is 131 Å². The number of aliphatic hydroxyl groups excluding tert-OH is 1. The van der Waals surface area contributed by atoms with Gasteiger partial charge in [0.1, 0.15) is 12.2 Å². The van der Waals surface area contributed by atoms with Crippen molar-refractivity contribution in [3.63, 3.8) is 0 Å². The van der Waals surface area contributed by atoms with E-state index in [1.54, 1.807) is 0 Å². The highest BCUT2D eigenvalue weighted by Crippen LogP contribution is 2.57.